The molecule has 7 nitrogen and oxygen atoms in total. The Balaban J connectivity index is 2.05. The van der Waals surface area contributed by atoms with Gasteiger partial charge in [-0.2, -0.15) is 0 Å². The maximum Gasteiger partial charge on any atom is 0.239 e. The zero-order chi connectivity index (χ0) is 20.9. The summed E-state index contributed by atoms with van der Waals surface area (Å²) in [6.07, 6.45) is 0. The molecule has 0 saturated heterocycles. The van der Waals surface area contributed by atoms with Gasteiger partial charge >= 0.3 is 0 Å². The Labute approximate surface area is 168 Å². The highest BCUT2D eigenvalue weighted by atomic mass is 35.5. The number of hydrogen-bond donors (Lipinski definition) is 2. The number of hydrogen-bond acceptors (Lipinski definition) is 5. The number of ketones is 1. The molecule has 0 aliphatic rings. The summed E-state index contributed by atoms with van der Waals surface area (Å²) in [5, 5.41) is 4.10. The van der Waals surface area contributed by atoms with E-state index in [1.165, 1.54) is 50.2 Å². The predicted molar refractivity (Wildman–Crippen MR) is 108 cm³/mol. The van der Waals surface area contributed by atoms with Gasteiger partial charge in [0.1, 0.15) is 11.0 Å². The zero-order valence-electron chi connectivity index (χ0n) is 15.2. The Hall–Kier alpha value is -2.71. The van der Waals surface area contributed by atoms with Crippen molar-refractivity contribution in [3.63, 3.8) is 0 Å². The Morgan fingerprint density at radius 3 is 1.96 bits per heavy atom. The van der Waals surface area contributed by atoms with Gasteiger partial charge in [-0.05, 0) is 55.5 Å². The van der Waals surface area contributed by atoms with Crippen LogP contribution in [-0.2, 0) is 19.4 Å². The number of Topliss-reactive ketones (excluding diaryl/α,β-unsaturated/α-hetero) is 1. The lowest BCUT2D eigenvalue weighted by Gasteiger charge is -2.13. The van der Waals surface area contributed by atoms with Crippen molar-refractivity contribution in [1.82, 2.24) is 0 Å². The normalized spacial score (nSPS) is 12.1. The molecule has 1 atom stereocenters. The van der Waals surface area contributed by atoms with Crippen molar-refractivity contribution >= 4 is 50.4 Å². The van der Waals surface area contributed by atoms with E-state index in [1.807, 2.05) is 0 Å². The van der Waals surface area contributed by atoms with E-state index in [4.69, 9.17) is 11.6 Å². The molecule has 1 unspecified atom stereocenters. The van der Waals surface area contributed by atoms with Crippen molar-refractivity contribution in [2.45, 2.75) is 19.1 Å². The fourth-order valence-electron chi connectivity index (χ4n) is 2.36. The molecule has 2 rings (SSSR count). The standard InChI is InChI=1S/C19H19ClN2O5S/c1-12(19(25)14-3-7-16(8-4-14)21-13(2)23)28(26,27)11-18(24)22-17-9-5-15(20)6-10-17/h3-10,12H,11H2,1-2H3,(H,21,23)(H,22,24). The lowest BCUT2D eigenvalue weighted by Crippen LogP contribution is -2.34. The van der Waals surface area contributed by atoms with E-state index in [0.29, 0.717) is 16.4 Å². The average Bonchev–Trinajstić information content (AvgIpc) is 2.62. The number of benzene rings is 2. The summed E-state index contributed by atoms with van der Waals surface area (Å²) < 4.78 is 24.9. The van der Waals surface area contributed by atoms with Crippen molar-refractivity contribution < 1.29 is 22.8 Å². The van der Waals surface area contributed by atoms with Gasteiger partial charge in [-0.3, -0.25) is 14.4 Å². The van der Waals surface area contributed by atoms with Crippen LogP contribution in [0.4, 0.5) is 11.4 Å². The highest BCUT2D eigenvalue weighted by molar-refractivity contribution is 7.93. The predicted octanol–water partition coefficient (Wildman–Crippen LogP) is 2.92. The third-order valence-electron chi connectivity index (χ3n) is 3.86. The average molecular weight is 423 g/mol. The largest absolute Gasteiger partial charge is 0.326 e. The molecular weight excluding hydrogens is 404 g/mol. The van der Waals surface area contributed by atoms with Crippen molar-refractivity contribution in [2.75, 3.05) is 16.4 Å². The SMILES string of the molecule is CC(=O)Nc1ccc(C(=O)C(C)S(=O)(=O)CC(=O)Nc2ccc(Cl)cc2)cc1. The van der Waals surface area contributed by atoms with Crippen LogP contribution in [0.3, 0.4) is 0 Å². The molecule has 0 spiro atoms. The van der Waals surface area contributed by atoms with E-state index in [1.54, 1.807) is 12.1 Å². The maximum atomic E-state index is 12.5. The summed E-state index contributed by atoms with van der Waals surface area (Å²) >= 11 is 5.76. The lowest BCUT2D eigenvalue weighted by molar-refractivity contribution is -0.114. The molecule has 0 aromatic heterocycles. The summed E-state index contributed by atoms with van der Waals surface area (Å²) in [4.78, 5) is 35.6. The van der Waals surface area contributed by atoms with Gasteiger partial charge in [-0.15, -0.1) is 0 Å². The van der Waals surface area contributed by atoms with E-state index in [2.05, 4.69) is 10.6 Å². The minimum absolute atomic E-state index is 0.170. The highest BCUT2D eigenvalue weighted by Gasteiger charge is 2.31. The van der Waals surface area contributed by atoms with E-state index in [9.17, 15) is 22.8 Å². The smallest absolute Gasteiger partial charge is 0.239 e. The Morgan fingerprint density at radius 1 is 0.929 bits per heavy atom. The van der Waals surface area contributed by atoms with Crippen LogP contribution in [0.2, 0.25) is 5.02 Å². The van der Waals surface area contributed by atoms with Gasteiger partial charge in [-0.25, -0.2) is 8.42 Å². The number of carbonyl (C=O) groups excluding carboxylic acids is 3. The number of rotatable bonds is 7. The lowest BCUT2D eigenvalue weighted by atomic mass is 10.1. The number of nitrogens with one attached hydrogen (secondary N) is 2. The molecule has 2 aromatic rings. The third-order valence-corrected chi connectivity index (χ3v) is 6.07. The van der Waals surface area contributed by atoms with Crippen LogP contribution in [0, 0.1) is 0 Å². The minimum Gasteiger partial charge on any atom is -0.326 e. The Bertz CT molecular complexity index is 986. The summed E-state index contributed by atoms with van der Waals surface area (Å²) in [6, 6.07) is 12.0. The molecule has 0 fully saturated rings. The van der Waals surface area contributed by atoms with E-state index >= 15 is 0 Å². The van der Waals surface area contributed by atoms with Gasteiger partial charge in [0.25, 0.3) is 0 Å². The Morgan fingerprint density at radius 2 is 1.43 bits per heavy atom. The molecule has 0 aliphatic carbocycles. The minimum atomic E-state index is -4.02. The summed E-state index contributed by atoms with van der Waals surface area (Å²) in [7, 11) is -4.02. The van der Waals surface area contributed by atoms with Crippen LogP contribution >= 0.6 is 11.6 Å². The highest BCUT2D eigenvalue weighted by Crippen LogP contribution is 2.16. The molecule has 0 radical (unpaired) electrons. The topological polar surface area (TPSA) is 109 Å². The van der Waals surface area contributed by atoms with Gasteiger partial charge in [0.2, 0.25) is 11.8 Å². The van der Waals surface area contributed by atoms with E-state index in [0.717, 1.165) is 0 Å². The van der Waals surface area contributed by atoms with Crippen molar-refractivity contribution in [1.29, 1.82) is 0 Å². The molecule has 148 valence electrons. The van der Waals surface area contributed by atoms with Gasteiger partial charge < -0.3 is 10.6 Å². The fraction of sp³-hybridized carbons (Fsp3) is 0.211. The van der Waals surface area contributed by atoms with E-state index in [-0.39, 0.29) is 11.5 Å². The monoisotopic (exact) mass is 422 g/mol. The van der Waals surface area contributed by atoms with Crippen molar-refractivity contribution in [3.8, 4) is 0 Å². The second-order valence-electron chi connectivity index (χ2n) is 6.13. The van der Waals surface area contributed by atoms with Crippen molar-refractivity contribution in [3.05, 3.63) is 59.1 Å². The van der Waals surface area contributed by atoms with Crippen LogP contribution in [0.5, 0.6) is 0 Å². The maximum absolute atomic E-state index is 12.5. The number of sulfone groups is 1. The second-order valence-corrected chi connectivity index (χ2v) is 8.89. The van der Waals surface area contributed by atoms with E-state index < -0.39 is 32.5 Å². The molecule has 2 amide bonds. The number of amides is 2. The third kappa shape index (κ3) is 5.90. The number of halogens is 1. The number of anilines is 2. The van der Waals surface area contributed by atoms with Crippen molar-refractivity contribution in [2.24, 2.45) is 0 Å². The van der Waals surface area contributed by atoms with Crippen LogP contribution in [0.1, 0.15) is 24.2 Å². The molecule has 0 heterocycles. The first-order valence-electron chi connectivity index (χ1n) is 8.27. The molecule has 2 N–H and O–H groups in total. The first-order valence-corrected chi connectivity index (χ1v) is 10.4. The molecule has 28 heavy (non-hydrogen) atoms. The molecule has 9 heteroatoms. The van der Waals surface area contributed by atoms with Gasteiger partial charge in [0.05, 0.1) is 0 Å². The van der Waals surface area contributed by atoms with Crippen LogP contribution in [-0.4, -0.2) is 37.0 Å². The molecule has 0 aliphatic heterocycles. The van der Waals surface area contributed by atoms with Gasteiger partial charge in [-0.1, -0.05) is 11.6 Å². The summed E-state index contributed by atoms with van der Waals surface area (Å²) in [5.74, 6) is -2.47. The molecule has 2 aromatic carbocycles. The zero-order valence-corrected chi connectivity index (χ0v) is 16.8. The number of carbonyl (C=O) groups is 3. The summed E-state index contributed by atoms with van der Waals surface area (Å²) in [6.45, 7) is 2.60. The van der Waals surface area contributed by atoms with Crippen LogP contribution < -0.4 is 10.6 Å². The molecule has 0 saturated carbocycles. The fourth-order valence-corrected chi connectivity index (χ4v) is 3.63. The first kappa shape index (κ1) is 21.6. The molecule has 0 bridgehead atoms. The quantitative estimate of drug-likeness (QED) is 0.666. The Kier molecular flexibility index (Phi) is 6.93. The van der Waals surface area contributed by atoms with Gasteiger partial charge in [0.15, 0.2) is 15.6 Å². The second kappa shape index (κ2) is 8.99. The van der Waals surface area contributed by atoms with Crippen LogP contribution in [0.15, 0.2) is 48.5 Å². The summed E-state index contributed by atoms with van der Waals surface area (Å²) in [5.41, 5.74) is 1.06. The van der Waals surface area contributed by atoms with Gasteiger partial charge in [0, 0.05) is 28.9 Å². The molecular formula is C19H19ClN2O5S. The van der Waals surface area contributed by atoms with Crippen LogP contribution in [0.25, 0.3) is 0 Å². The first-order chi connectivity index (χ1) is 13.1.